The lowest BCUT2D eigenvalue weighted by Crippen LogP contribution is -2.14. The Hall–Kier alpha value is -2.80. The minimum Gasteiger partial charge on any atom is -0.497 e. The molecule has 1 amide bonds. The molecule has 1 N–H and O–H groups in total. The van der Waals surface area contributed by atoms with Gasteiger partial charge in [-0.25, -0.2) is 9.67 Å². The molecule has 0 saturated carbocycles. The molecule has 2 aromatic carbocycles. The first-order chi connectivity index (χ1) is 11.8. The molecule has 0 unspecified atom stereocenters. The number of carbonyl (C=O) groups excluding carboxylic acids is 1. The summed E-state index contributed by atoms with van der Waals surface area (Å²) in [5, 5.41) is 7.72. The molecule has 1 heterocycles. The lowest BCUT2D eigenvalue weighted by atomic mass is 10.3. The van der Waals surface area contributed by atoms with Gasteiger partial charge in [0, 0.05) is 5.69 Å². The van der Waals surface area contributed by atoms with Crippen LogP contribution >= 0.6 is 11.8 Å². The van der Waals surface area contributed by atoms with Crippen molar-refractivity contribution in [3.63, 3.8) is 0 Å². The van der Waals surface area contributed by atoms with Crippen LogP contribution in [0.1, 0.15) is 0 Å². The number of anilines is 1. The first-order valence-electron chi connectivity index (χ1n) is 7.28. The van der Waals surface area contributed by atoms with Crippen LogP contribution in [0.4, 0.5) is 5.69 Å². The van der Waals surface area contributed by atoms with Crippen molar-refractivity contribution in [3.05, 3.63) is 60.9 Å². The van der Waals surface area contributed by atoms with Crippen LogP contribution in [0.5, 0.6) is 5.75 Å². The second kappa shape index (κ2) is 7.65. The van der Waals surface area contributed by atoms with E-state index in [2.05, 4.69) is 15.4 Å². The van der Waals surface area contributed by atoms with E-state index >= 15 is 0 Å². The van der Waals surface area contributed by atoms with Gasteiger partial charge in [-0.3, -0.25) is 4.79 Å². The summed E-state index contributed by atoms with van der Waals surface area (Å²) >= 11 is 1.34. The predicted molar refractivity (Wildman–Crippen MR) is 93.7 cm³/mol. The number of hydrogen-bond acceptors (Lipinski definition) is 5. The third-order valence-corrected chi connectivity index (χ3v) is 4.17. The molecular weight excluding hydrogens is 324 g/mol. The molecule has 0 radical (unpaired) electrons. The first kappa shape index (κ1) is 16.1. The van der Waals surface area contributed by atoms with Crippen LogP contribution in [0.25, 0.3) is 5.69 Å². The fraction of sp³-hybridized carbons (Fsp3) is 0.118. The van der Waals surface area contributed by atoms with Gasteiger partial charge in [0.05, 0.1) is 18.6 Å². The number of methoxy groups -OCH3 is 1. The summed E-state index contributed by atoms with van der Waals surface area (Å²) < 4.78 is 6.80. The number of benzene rings is 2. The van der Waals surface area contributed by atoms with Gasteiger partial charge in [-0.15, -0.1) is 0 Å². The number of aromatic nitrogens is 3. The summed E-state index contributed by atoms with van der Waals surface area (Å²) in [4.78, 5) is 16.3. The lowest BCUT2D eigenvalue weighted by molar-refractivity contribution is -0.113. The minimum absolute atomic E-state index is 0.104. The molecule has 122 valence electrons. The van der Waals surface area contributed by atoms with E-state index in [0.29, 0.717) is 5.16 Å². The Morgan fingerprint density at radius 3 is 2.62 bits per heavy atom. The molecule has 0 aliphatic carbocycles. The van der Waals surface area contributed by atoms with Crippen LogP contribution < -0.4 is 10.1 Å². The summed E-state index contributed by atoms with van der Waals surface area (Å²) in [7, 11) is 1.60. The van der Waals surface area contributed by atoms with E-state index in [-0.39, 0.29) is 11.7 Å². The monoisotopic (exact) mass is 340 g/mol. The molecule has 24 heavy (non-hydrogen) atoms. The van der Waals surface area contributed by atoms with Gasteiger partial charge in [0.25, 0.3) is 0 Å². The second-order valence-corrected chi connectivity index (χ2v) is 5.80. The van der Waals surface area contributed by atoms with Crippen LogP contribution in [0.2, 0.25) is 0 Å². The number of ether oxygens (including phenoxy) is 1. The molecule has 6 nitrogen and oxygen atoms in total. The summed E-state index contributed by atoms with van der Waals surface area (Å²) in [5.74, 6) is 0.892. The Balaban J connectivity index is 1.60. The van der Waals surface area contributed by atoms with Crippen molar-refractivity contribution in [2.75, 3.05) is 18.2 Å². The fourth-order valence-corrected chi connectivity index (χ4v) is 2.81. The Bertz CT molecular complexity index is 803. The topological polar surface area (TPSA) is 69.0 Å². The van der Waals surface area contributed by atoms with E-state index in [0.717, 1.165) is 17.1 Å². The molecule has 3 rings (SSSR count). The molecule has 3 aromatic rings. The Morgan fingerprint density at radius 2 is 1.92 bits per heavy atom. The van der Waals surface area contributed by atoms with Crippen molar-refractivity contribution in [3.8, 4) is 11.4 Å². The first-order valence-corrected chi connectivity index (χ1v) is 8.27. The van der Waals surface area contributed by atoms with Crippen molar-refractivity contribution >= 4 is 23.4 Å². The van der Waals surface area contributed by atoms with Gasteiger partial charge in [-0.1, -0.05) is 30.0 Å². The lowest BCUT2D eigenvalue weighted by Gasteiger charge is -2.07. The third-order valence-electron chi connectivity index (χ3n) is 3.22. The largest absolute Gasteiger partial charge is 0.497 e. The zero-order valence-corrected chi connectivity index (χ0v) is 13.9. The van der Waals surface area contributed by atoms with E-state index in [1.54, 1.807) is 36.1 Å². The van der Waals surface area contributed by atoms with Gasteiger partial charge in [0.1, 0.15) is 12.1 Å². The van der Waals surface area contributed by atoms with E-state index in [9.17, 15) is 4.79 Å². The maximum Gasteiger partial charge on any atom is 0.234 e. The molecule has 7 heteroatoms. The highest BCUT2D eigenvalue weighted by Gasteiger charge is 2.10. The van der Waals surface area contributed by atoms with Crippen LogP contribution in [0, 0.1) is 0 Å². The quantitative estimate of drug-likeness (QED) is 0.699. The molecule has 0 spiro atoms. The average Bonchev–Trinajstić information content (AvgIpc) is 3.10. The summed E-state index contributed by atoms with van der Waals surface area (Å²) in [5.41, 5.74) is 1.64. The predicted octanol–water partition coefficient (Wildman–Crippen LogP) is 3.01. The fourth-order valence-electron chi connectivity index (χ4n) is 2.08. The molecule has 0 saturated heterocycles. The molecule has 0 aliphatic rings. The average molecular weight is 340 g/mol. The highest BCUT2D eigenvalue weighted by molar-refractivity contribution is 7.99. The van der Waals surface area contributed by atoms with Gasteiger partial charge in [0.15, 0.2) is 5.16 Å². The maximum atomic E-state index is 12.1. The van der Waals surface area contributed by atoms with Crippen LogP contribution in [0.15, 0.2) is 66.1 Å². The Morgan fingerprint density at radius 1 is 1.17 bits per heavy atom. The Kier molecular flexibility index (Phi) is 5.12. The maximum absolute atomic E-state index is 12.1. The van der Waals surface area contributed by atoms with E-state index in [1.807, 2.05) is 30.3 Å². The number of amides is 1. The molecule has 0 bridgehead atoms. The number of carbonyl (C=O) groups is 1. The molecule has 0 fully saturated rings. The van der Waals surface area contributed by atoms with Gasteiger partial charge in [-0.05, 0) is 36.4 Å². The van der Waals surface area contributed by atoms with Crippen molar-refractivity contribution in [2.45, 2.75) is 5.16 Å². The van der Waals surface area contributed by atoms with Crippen LogP contribution in [0.3, 0.4) is 0 Å². The summed E-state index contributed by atoms with van der Waals surface area (Å²) in [6, 6.07) is 16.9. The molecular formula is C17H16N4O2S. The normalized spacial score (nSPS) is 10.4. The van der Waals surface area contributed by atoms with Crippen LogP contribution in [-0.4, -0.2) is 33.5 Å². The Labute approximate surface area is 143 Å². The van der Waals surface area contributed by atoms with Gasteiger partial charge in [0.2, 0.25) is 5.91 Å². The smallest absolute Gasteiger partial charge is 0.234 e. The number of nitrogens with zero attached hydrogens (tertiary/aromatic N) is 3. The third kappa shape index (κ3) is 3.94. The zero-order chi connectivity index (χ0) is 16.8. The number of thioether (sulfide) groups is 1. The molecule has 0 aliphatic heterocycles. The van der Waals surface area contributed by atoms with Gasteiger partial charge < -0.3 is 10.1 Å². The number of para-hydroxylation sites is 1. The molecule has 1 aromatic heterocycles. The summed E-state index contributed by atoms with van der Waals surface area (Å²) in [6.45, 7) is 0. The van der Waals surface area contributed by atoms with Gasteiger partial charge in [-0.2, -0.15) is 5.10 Å². The standard InChI is InChI=1S/C17H16N4O2S/c1-23-15-9-7-13(8-10-15)20-16(22)11-24-17-18-12-19-21(17)14-5-3-2-4-6-14/h2-10,12H,11H2,1H3,(H,20,22). The highest BCUT2D eigenvalue weighted by atomic mass is 32.2. The van der Waals surface area contributed by atoms with E-state index in [1.165, 1.54) is 18.1 Å². The van der Waals surface area contributed by atoms with Crippen molar-refractivity contribution < 1.29 is 9.53 Å². The second-order valence-electron chi connectivity index (χ2n) is 4.86. The van der Waals surface area contributed by atoms with Crippen molar-refractivity contribution in [1.82, 2.24) is 14.8 Å². The SMILES string of the molecule is COc1ccc(NC(=O)CSc2ncnn2-c2ccccc2)cc1. The summed E-state index contributed by atoms with van der Waals surface area (Å²) in [6.07, 6.45) is 1.48. The van der Waals surface area contributed by atoms with E-state index < -0.39 is 0 Å². The van der Waals surface area contributed by atoms with Crippen LogP contribution in [-0.2, 0) is 4.79 Å². The van der Waals surface area contributed by atoms with Crippen molar-refractivity contribution in [2.24, 2.45) is 0 Å². The number of nitrogens with one attached hydrogen (secondary N) is 1. The van der Waals surface area contributed by atoms with Crippen molar-refractivity contribution in [1.29, 1.82) is 0 Å². The molecule has 0 atom stereocenters. The van der Waals surface area contributed by atoms with Gasteiger partial charge >= 0.3 is 0 Å². The number of rotatable bonds is 6. The highest BCUT2D eigenvalue weighted by Crippen LogP contribution is 2.20. The minimum atomic E-state index is -0.104. The number of hydrogen-bond donors (Lipinski definition) is 1. The zero-order valence-electron chi connectivity index (χ0n) is 13.0. The van der Waals surface area contributed by atoms with E-state index in [4.69, 9.17) is 4.74 Å².